The first-order valence-electron chi connectivity index (χ1n) is 8.35. The molecular weight excluding hydrogens is 351 g/mol. The van der Waals surface area contributed by atoms with Crippen LogP contribution in [-0.4, -0.2) is 39.7 Å². The SMILES string of the molecule is Cl.Cl.N[C@H]1C(O)CCCC1CCCC(=O)NCCCc1ncc[nH]1. The van der Waals surface area contributed by atoms with Gasteiger partial charge in [-0.3, -0.25) is 4.79 Å². The highest BCUT2D eigenvalue weighted by molar-refractivity contribution is 5.85. The van der Waals surface area contributed by atoms with E-state index in [9.17, 15) is 9.90 Å². The fraction of sp³-hybridized carbons (Fsp3) is 0.750. The van der Waals surface area contributed by atoms with Crippen LogP contribution < -0.4 is 11.1 Å². The zero-order chi connectivity index (χ0) is 15.8. The number of nitrogens with two attached hydrogens (primary N) is 1. The largest absolute Gasteiger partial charge is 0.392 e. The summed E-state index contributed by atoms with van der Waals surface area (Å²) >= 11 is 0. The number of aromatic nitrogens is 2. The van der Waals surface area contributed by atoms with E-state index in [4.69, 9.17) is 5.73 Å². The number of rotatable bonds is 8. The molecule has 1 aliphatic rings. The fourth-order valence-corrected chi connectivity index (χ4v) is 3.16. The van der Waals surface area contributed by atoms with Crippen LogP contribution >= 0.6 is 24.8 Å². The minimum absolute atomic E-state index is 0. The Morgan fingerprint density at radius 2 is 2.17 bits per heavy atom. The van der Waals surface area contributed by atoms with Crippen molar-refractivity contribution in [1.29, 1.82) is 0 Å². The van der Waals surface area contributed by atoms with E-state index in [0.717, 1.165) is 50.8 Å². The summed E-state index contributed by atoms with van der Waals surface area (Å²) in [5, 5.41) is 12.7. The Morgan fingerprint density at radius 3 is 2.88 bits per heavy atom. The number of halogens is 2. The van der Waals surface area contributed by atoms with E-state index >= 15 is 0 Å². The van der Waals surface area contributed by atoms with Crippen LogP contribution in [0.4, 0.5) is 0 Å². The van der Waals surface area contributed by atoms with Gasteiger partial charge >= 0.3 is 0 Å². The quantitative estimate of drug-likeness (QED) is 0.517. The molecule has 2 unspecified atom stereocenters. The number of aliphatic hydroxyl groups excluding tert-OH is 1. The van der Waals surface area contributed by atoms with Crippen LogP contribution in [0.15, 0.2) is 12.4 Å². The smallest absolute Gasteiger partial charge is 0.219 e. The third-order valence-electron chi connectivity index (χ3n) is 4.51. The Hall–Kier alpha value is -0.820. The Kier molecular flexibility index (Phi) is 12.1. The lowest BCUT2D eigenvalue weighted by atomic mass is 9.80. The molecule has 140 valence electrons. The molecule has 1 aromatic heterocycles. The van der Waals surface area contributed by atoms with Gasteiger partial charge in [-0.2, -0.15) is 0 Å². The summed E-state index contributed by atoms with van der Waals surface area (Å²) in [7, 11) is 0. The summed E-state index contributed by atoms with van der Waals surface area (Å²) < 4.78 is 0. The molecule has 0 spiro atoms. The topological polar surface area (TPSA) is 104 Å². The predicted octanol–water partition coefficient (Wildman–Crippen LogP) is 1.96. The second kappa shape index (κ2) is 12.5. The van der Waals surface area contributed by atoms with Gasteiger partial charge in [0.25, 0.3) is 0 Å². The van der Waals surface area contributed by atoms with Crippen LogP contribution in [0.2, 0.25) is 0 Å². The molecular formula is C16H30Cl2N4O2. The van der Waals surface area contributed by atoms with Gasteiger partial charge in [0.2, 0.25) is 5.91 Å². The van der Waals surface area contributed by atoms with E-state index in [1.165, 1.54) is 0 Å². The number of carbonyl (C=O) groups excluding carboxylic acids is 1. The Balaban J connectivity index is 0.00000264. The van der Waals surface area contributed by atoms with E-state index < -0.39 is 0 Å². The summed E-state index contributed by atoms with van der Waals surface area (Å²) in [4.78, 5) is 19.0. The molecule has 1 fully saturated rings. The first-order chi connectivity index (χ1) is 10.7. The van der Waals surface area contributed by atoms with Crippen molar-refractivity contribution in [3.8, 4) is 0 Å². The number of hydrogen-bond acceptors (Lipinski definition) is 4. The van der Waals surface area contributed by atoms with Gasteiger partial charge in [-0.15, -0.1) is 24.8 Å². The van der Waals surface area contributed by atoms with Gasteiger partial charge in [-0.1, -0.05) is 6.42 Å². The van der Waals surface area contributed by atoms with E-state index in [-0.39, 0.29) is 42.9 Å². The van der Waals surface area contributed by atoms with E-state index in [0.29, 0.717) is 18.9 Å². The summed E-state index contributed by atoms with van der Waals surface area (Å²) in [6, 6.07) is -0.120. The summed E-state index contributed by atoms with van der Waals surface area (Å²) in [6.45, 7) is 0.682. The Bertz CT molecular complexity index is 445. The van der Waals surface area contributed by atoms with Crippen molar-refractivity contribution in [3.63, 3.8) is 0 Å². The van der Waals surface area contributed by atoms with Gasteiger partial charge in [0, 0.05) is 37.8 Å². The molecule has 1 aliphatic carbocycles. The number of amides is 1. The van der Waals surface area contributed by atoms with Crippen molar-refractivity contribution in [1.82, 2.24) is 15.3 Å². The molecule has 0 saturated heterocycles. The van der Waals surface area contributed by atoms with Crippen LogP contribution in [0.5, 0.6) is 0 Å². The first kappa shape index (κ1) is 23.2. The van der Waals surface area contributed by atoms with Crippen molar-refractivity contribution in [2.75, 3.05) is 6.54 Å². The molecule has 6 nitrogen and oxygen atoms in total. The number of aliphatic hydroxyl groups is 1. The number of nitrogens with one attached hydrogen (secondary N) is 2. The maximum absolute atomic E-state index is 11.8. The number of hydrogen-bond donors (Lipinski definition) is 4. The van der Waals surface area contributed by atoms with Crippen molar-refractivity contribution in [2.24, 2.45) is 11.7 Å². The van der Waals surface area contributed by atoms with Crippen molar-refractivity contribution in [2.45, 2.75) is 63.5 Å². The molecule has 3 atom stereocenters. The van der Waals surface area contributed by atoms with Gasteiger partial charge in [-0.25, -0.2) is 4.98 Å². The van der Waals surface area contributed by atoms with Crippen LogP contribution in [0.3, 0.4) is 0 Å². The maximum atomic E-state index is 11.8. The number of imidazole rings is 1. The second-order valence-electron chi connectivity index (χ2n) is 6.22. The van der Waals surface area contributed by atoms with Crippen LogP contribution in [0.25, 0.3) is 0 Å². The van der Waals surface area contributed by atoms with Crippen molar-refractivity contribution < 1.29 is 9.90 Å². The lowest BCUT2D eigenvalue weighted by Gasteiger charge is -2.32. The van der Waals surface area contributed by atoms with Crippen LogP contribution in [0.1, 0.15) is 50.8 Å². The highest BCUT2D eigenvalue weighted by Crippen LogP contribution is 2.27. The number of aryl methyl sites for hydroxylation is 1. The van der Waals surface area contributed by atoms with E-state index in [1.807, 2.05) is 0 Å². The van der Waals surface area contributed by atoms with Crippen molar-refractivity contribution >= 4 is 30.7 Å². The molecule has 1 heterocycles. The predicted molar refractivity (Wildman–Crippen MR) is 99.6 cm³/mol. The molecule has 0 aromatic carbocycles. The molecule has 1 saturated carbocycles. The molecule has 1 aromatic rings. The van der Waals surface area contributed by atoms with Gasteiger partial charge < -0.3 is 21.1 Å². The lowest BCUT2D eigenvalue weighted by molar-refractivity contribution is -0.121. The lowest BCUT2D eigenvalue weighted by Crippen LogP contribution is -2.44. The Morgan fingerprint density at radius 1 is 1.38 bits per heavy atom. The summed E-state index contributed by atoms with van der Waals surface area (Å²) in [5.74, 6) is 1.42. The van der Waals surface area contributed by atoms with Gasteiger partial charge in [0.1, 0.15) is 5.82 Å². The minimum Gasteiger partial charge on any atom is -0.392 e. The Labute approximate surface area is 156 Å². The van der Waals surface area contributed by atoms with Gasteiger partial charge in [-0.05, 0) is 38.0 Å². The highest BCUT2D eigenvalue weighted by atomic mass is 35.5. The molecule has 24 heavy (non-hydrogen) atoms. The number of aromatic amines is 1. The highest BCUT2D eigenvalue weighted by Gasteiger charge is 2.28. The minimum atomic E-state index is -0.367. The molecule has 0 bridgehead atoms. The standard InChI is InChI=1S/C16H28N4O2.2ClH/c17-16-12(4-1-6-13(16)21)5-2-8-15(22)20-9-3-7-14-18-10-11-19-14;;/h10-13,16,21H,1-9,17H2,(H,18,19)(H,20,22);2*1H/t12?,13?,16-;;/m1../s1. The zero-order valence-corrected chi connectivity index (χ0v) is 15.6. The van der Waals surface area contributed by atoms with Gasteiger partial charge in [0.15, 0.2) is 0 Å². The second-order valence-corrected chi connectivity index (χ2v) is 6.22. The molecule has 8 heteroatoms. The first-order valence-corrected chi connectivity index (χ1v) is 8.35. The van der Waals surface area contributed by atoms with Crippen LogP contribution in [-0.2, 0) is 11.2 Å². The molecule has 2 rings (SSSR count). The zero-order valence-electron chi connectivity index (χ0n) is 13.9. The van der Waals surface area contributed by atoms with Crippen LogP contribution in [0, 0.1) is 5.92 Å². The molecule has 0 radical (unpaired) electrons. The number of carbonyl (C=O) groups is 1. The number of H-pyrrole nitrogens is 1. The maximum Gasteiger partial charge on any atom is 0.219 e. The fourth-order valence-electron chi connectivity index (χ4n) is 3.16. The summed E-state index contributed by atoms with van der Waals surface area (Å²) in [6.07, 6.45) is 10.2. The molecule has 1 amide bonds. The average Bonchev–Trinajstić information content (AvgIpc) is 3.01. The summed E-state index contributed by atoms with van der Waals surface area (Å²) in [5.41, 5.74) is 6.02. The van der Waals surface area contributed by atoms with E-state index in [2.05, 4.69) is 15.3 Å². The average molecular weight is 381 g/mol. The monoisotopic (exact) mass is 380 g/mol. The van der Waals surface area contributed by atoms with Gasteiger partial charge in [0.05, 0.1) is 6.10 Å². The number of nitrogens with zero attached hydrogens (tertiary/aromatic N) is 1. The molecule has 0 aliphatic heterocycles. The molecule has 5 N–H and O–H groups in total. The third-order valence-corrected chi connectivity index (χ3v) is 4.51. The normalized spacial score (nSPS) is 23.0. The third kappa shape index (κ3) is 7.83. The van der Waals surface area contributed by atoms with Crippen molar-refractivity contribution in [3.05, 3.63) is 18.2 Å². The van der Waals surface area contributed by atoms with E-state index in [1.54, 1.807) is 12.4 Å².